The first-order chi connectivity index (χ1) is 10.5. The fourth-order valence-electron chi connectivity index (χ4n) is 2.37. The van der Waals surface area contributed by atoms with Gasteiger partial charge in [0.1, 0.15) is 5.75 Å². The zero-order chi connectivity index (χ0) is 16.3. The molecule has 2 aromatic carbocycles. The Kier molecular flexibility index (Phi) is 5.09. The molecule has 2 rings (SSSR count). The highest BCUT2D eigenvalue weighted by atomic mass is 35.5. The molecule has 0 fully saturated rings. The summed E-state index contributed by atoms with van der Waals surface area (Å²) in [6, 6.07) is 10.5. The molecule has 22 heavy (non-hydrogen) atoms. The van der Waals surface area contributed by atoms with Crippen LogP contribution in [0.3, 0.4) is 0 Å². The van der Waals surface area contributed by atoms with Crippen LogP contribution in [0.4, 0.5) is 5.69 Å². The van der Waals surface area contributed by atoms with Gasteiger partial charge < -0.3 is 10.5 Å². The first-order valence-electron chi connectivity index (χ1n) is 7.31. The van der Waals surface area contributed by atoms with Gasteiger partial charge in [-0.25, -0.2) is 0 Å². The van der Waals surface area contributed by atoms with Crippen LogP contribution in [-0.2, 0) is 0 Å². The highest BCUT2D eigenvalue weighted by molar-refractivity contribution is 6.31. The summed E-state index contributed by atoms with van der Waals surface area (Å²) in [4.78, 5) is 12.9. The van der Waals surface area contributed by atoms with E-state index in [2.05, 4.69) is 0 Å². The van der Waals surface area contributed by atoms with Crippen molar-refractivity contribution in [2.24, 2.45) is 0 Å². The van der Waals surface area contributed by atoms with Crippen LogP contribution in [0.1, 0.15) is 48.2 Å². The quantitative estimate of drug-likeness (QED) is 0.643. The van der Waals surface area contributed by atoms with E-state index in [9.17, 15) is 4.79 Å². The molecule has 0 saturated carbocycles. The lowest BCUT2D eigenvalue weighted by Gasteiger charge is -2.18. The van der Waals surface area contributed by atoms with Gasteiger partial charge >= 0.3 is 0 Å². The molecule has 0 atom stereocenters. The smallest absolute Gasteiger partial charge is 0.198 e. The molecular weight excluding hydrogens is 298 g/mol. The van der Waals surface area contributed by atoms with E-state index in [4.69, 9.17) is 22.1 Å². The second-order valence-electron chi connectivity index (χ2n) is 5.38. The van der Waals surface area contributed by atoms with Crippen LogP contribution in [0.15, 0.2) is 36.4 Å². The summed E-state index contributed by atoms with van der Waals surface area (Å²) in [5.74, 6) is 0.612. The molecule has 0 aliphatic heterocycles. The summed E-state index contributed by atoms with van der Waals surface area (Å²) in [5.41, 5.74) is 8.21. The number of anilines is 1. The van der Waals surface area contributed by atoms with Gasteiger partial charge in [0, 0.05) is 16.3 Å². The summed E-state index contributed by atoms with van der Waals surface area (Å²) >= 11 is 6.20. The van der Waals surface area contributed by atoms with Gasteiger partial charge in [-0.2, -0.15) is 0 Å². The molecule has 0 heterocycles. The fourth-order valence-corrected chi connectivity index (χ4v) is 2.59. The van der Waals surface area contributed by atoms with Crippen LogP contribution in [0.2, 0.25) is 5.02 Å². The number of rotatable bonds is 5. The number of hydrogen-bond acceptors (Lipinski definition) is 3. The van der Waals surface area contributed by atoms with Crippen molar-refractivity contribution < 1.29 is 9.53 Å². The average molecular weight is 318 g/mol. The maximum absolute atomic E-state index is 12.9. The zero-order valence-electron chi connectivity index (χ0n) is 13.0. The van der Waals surface area contributed by atoms with Crippen LogP contribution in [0.5, 0.6) is 5.75 Å². The molecule has 0 unspecified atom stereocenters. The lowest BCUT2D eigenvalue weighted by Crippen LogP contribution is -2.10. The van der Waals surface area contributed by atoms with E-state index in [1.54, 1.807) is 30.3 Å². The van der Waals surface area contributed by atoms with Gasteiger partial charge in [-0.1, -0.05) is 37.6 Å². The van der Waals surface area contributed by atoms with Crippen LogP contribution in [-0.4, -0.2) is 12.4 Å². The minimum atomic E-state index is -0.175. The van der Waals surface area contributed by atoms with Gasteiger partial charge in [0.2, 0.25) is 0 Å². The molecule has 116 valence electrons. The molecule has 2 N–H and O–H groups in total. The molecule has 0 saturated heterocycles. The van der Waals surface area contributed by atoms with Gasteiger partial charge in [-0.15, -0.1) is 0 Å². The van der Waals surface area contributed by atoms with E-state index in [-0.39, 0.29) is 11.7 Å². The highest BCUT2D eigenvalue weighted by Crippen LogP contribution is 2.35. The molecule has 0 aliphatic rings. The second kappa shape index (κ2) is 6.84. The van der Waals surface area contributed by atoms with Gasteiger partial charge in [0.05, 0.1) is 12.2 Å². The average Bonchev–Trinajstić information content (AvgIpc) is 2.48. The lowest BCUT2D eigenvalue weighted by molar-refractivity contribution is 0.103. The molecule has 4 heteroatoms. The van der Waals surface area contributed by atoms with Crippen molar-refractivity contribution in [2.75, 3.05) is 12.3 Å². The van der Waals surface area contributed by atoms with Crippen molar-refractivity contribution in [3.05, 3.63) is 58.1 Å². The van der Waals surface area contributed by atoms with E-state index in [1.807, 2.05) is 26.8 Å². The Balaban J connectivity index is 2.63. The maximum Gasteiger partial charge on any atom is 0.198 e. The molecular formula is C18H20ClNO2. The van der Waals surface area contributed by atoms with E-state index in [0.717, 1.165) is 5.56 Å². The van der Waals surface area contributed by atoms with Crippen LogP contribution in [0, 0.1) is 0 Å². The summed E-state index contributed by atoms with van der Waals surface area (Å²) in [7, 11) is 0. The van der Waals surface area contributed by atoms with Crippen molar-refractivity contribution in [3.8, 4) is 5.75 Å². The van der Waals surface area contributed by atoms with Crippen molar-refractivity contribution in [2.45, 2.75) is 26.7 Å². The maximum atomic E-state index is 12.9. The predicted molar refractivity (Wildman–Crippen MR) is 91.0 cm³/mol. The topological polar surface area (TPSA) is 52.3 Å². The van der Waals surface area contributed by atoms with Crippen molar-refractivity contribution in [3.63, 3.8) is 0 Å². The van der Waals surface area contributed by atoms with Gasteiger partial charge in [-0.05, 0) is 42.7 Å². The minimum Gasteiger partial charge on any atom is -0.493 e. The monoisotopic (exact) mass is 317 g/mol. The van der Waals surface area contributed by atoms with E-state index >= 15 is 0 Å². The van der Waals surface area contributed by atoms with Crippen molar-refractivity contribution >= 4 is 23.1 Å². The van der Waals surface area contributed by atoms with Crippen LogP contribution >= 0.6 is 11.6 Å². The molecule has 0 radical (unpaired) electrons. The summed E-state index contributed by atoms with van der Waals surface area (Å²) in [6.45, 7) is 6.45. The fraction of sp³-hybridized carbons (Fsp3) is 0.278. The lowest BCUT2D eigenvalue weighted by atomic mass is 9.94. The zero-order valence-corrected chi connectivity index (χ0v) is 13.8. The van der Waals surface area contributed by atoms with E-state index in [0.29, 0.717) is 34.2 Å². The van der Waals surface area contributed by atoms with Gasteiger partial charge in [-0.3, -0.25) is 4.79 Å². The Morgan fingerprint density at radius 1 is 1.23 bits per heavy atom. The first-order valence-corrected chi connectivity index (χ1v) is 7.69. The number of nitrogen functional groups attached to an aromatic ring is 1. The number of carbonyl (C=O) groups excluding carboxylic acids is 1. The summed E-state index contributed by atoms with van der Waals surface area (Å²) in [6.07, 6.45) is 0. The normalized spacial score (nSPS) is 10.8. The summed E-state index contributed by atoms with van der Waals surface area (Å²) < 4.78 is 5.75. The third-order valence-electron chi connectivity index (χ3n) is 3.44. The largest absolute Gasteiger partial charge is 0.493 e. The molecule has 0 spiro atoms. The van der Waals surface area contributed by atoms with E-state index in [1.165, 1.54) is 0 Å². The molecule has 0 aliphatic carbocycles. The second-order valence-corrected chi connectivity index (χ2v) is 5.81. The third-order valence-corrected chi connectivity index (χ3v) is 3.66. The Bertz CT molecular complexity index is 695. The predicted octanol–water partition coefficient (Wildman–Crippen LogP) is 4.68. The molecule has 0 amide bonds. The van der Waals surface area contributed by atoms with Gasteiger partial charge in [0.25, 0.3) is 0 Å². The SMILES string of the molecule is CCOc1c(C(=O)c2ccccc2N)cc(Cl)cc1C(C)C. The number of ketones is 1. The first kappa shape index (κ1) is 16.4. The Labute approximate surface area is 136 Å². The standard InChI is InChI=1S/C18H20ClNO2/c1-4-22-18-14(11(2)3)9-12(19)10-15(18)17(21)13-7-5-6-8-16(13)20/h5-11H,4,20H2,1-3H3. The number of nitrogens with two attached hydrogens (primary N) is 1. The Hall–Kier alpha value is -2.00. The number of hydrogen-bond donors (Lipinski definition) is 1. The Morgan fingerprint density at radius 2 is 1.91 bits per heavy atom. The van der Waals surface area contributed by atoms with Crippen LogP contribution in [0.25, 0.3) is 0 Å². The number of benzene rings is 2. The van der Waals surface area contributed by atoms with Crippen LogP contribution < -0.4 is 10.5 Å². The van der Waals surface area contributed by atoms with Gasteiger partial charge in [0.15, 0.2) is 5.78 Å². The molecule has 2 aromatic rings. The third kappa shape index (κ3) is 3.25. The number of carbonyl (C=O) groups is 1. The molecule has 0 bridgehead atoms. The number of halogens is 1. The van der Waals surface area contributed by atoms with E-state index < -0.39 is 0 Å². The Morgan fingerprint density at radius 3 is 2.50 bits per heavy atom. The summed E-state index contributed by atoms with van der Waals surface area (Å²) in [5, 5.41) is 0.519. The minimum absolute atomic E-state index is 0.175. The molecule has 0 aromatic heterocycles. The highest BCUT2D eigenvalue weighted by Gasteiger charge is 2.21. The number of para-hydroxylation sites is 1. The number of ether oxygens (including phenoxy) is 1. The van der Waals surface area contributed by atoms with Crippen molar-refractivity contribution in [1.82, 2.24) is 0 Å². The van der Waals surface area contributed by atoms with Crippen molar-refractivity contribution in [1.29, 1.82) is 0 Å². The molecule has 3 nitrogen and oxygen atoms in total.